The number of anilines is 1. The summed E-state index contributed by atoms with van der Waals surface area (Å²) in [5.74, 6) is 1.04. The Bertz CT molecular complexity index is 1170. The summed E-state index contributed by atoms with van der Waals surface area (Å²) < 4.78 is 37.9. The maximum absolute atomic E-state index is 12.9. The van der Waals surface area contributed by atoms with Gasteiger partial charge >= 0.3 is 0 Å². The highest BCUT2D eigenvalue weighted by Crippen LogP contribution is 2.41. The van der Waals surface area contributed by atoms with Crippen molar-refractivity contribution < 1.29 is 22.7 Å². The van der Waals surface area contributed by atoms with E-state index in [1.54, 1.807) is 36.4 Å². The van der Waals surface area contributed by atoms with Crippen LogP contribution in [0.25, 0.3) is 10.8 Å². The summed E-state index contributed by atoms with van der Waals surface area (Å²) >= 11 is 0. The van der Waals surface area contributed by atoms with Gasteiger partial charge in [0.15, 0.2) is 0 Å². The van der Waals surface area contributed by atoms with Crippen molar-refractivity contribution in [2.45, 2.75) is 11.8 Å². The fourth-order valence-corrected chi connectivity index (χ4v) is 5.14. The summed E-state index contributed by atoms with van der Waals surface area (Å²) in [5.41, 5.74) is 0.531. The van der Waals surface area contributed by atoms with Crippen LogP contribution in [0, 0.1) is 0 Å². The van der Waals surface area contributed by atoms with E-state index < -0.39 is 15.9 Å². The largest absolute Gasteiger partial charge is 0.494 e. The average Bonchev–Trinajstić information content (AvgIpc) is 2.96. The molecule has 0 aliphatic carbocycles. The average molecular weight is 426 g/mol. The Morgan fingerprint density at radius 1 is 0.967 bits per heavy atom. The van der Waals surface area contributed by atoms with Crippen LogP contribution in [0.5, 0.6) is 11.5 Å². The smallest absolute Gasteiger partial charge is 0.265 e. The Balaban J connectivity index is 1.34. The quantitative estimate of drug-likeness (QED) is 0.560. The number of carbonyl (C=O) groups excluding carboxylic acids is 1. The molecule has 0 saturated carbocycles. The third-order valence-electron chi connectivity index (χ3n) is 4.80. The minimum atomic E-state index is -3.75. The Morgan fingerprint density at radius 3 is 2.33 bits per heavy atom. The molecular formula is C22H22N2O5S. The number of sulfonamides is 1. The van der Waals surface area contributed by atoms with Crippen molar-refractivity contribution in [2.24, 2.45) is 0 Å². The minimum absolute atomic E-state index is 0.238. The molecule has 0 atom stereocenters. The monoisotopic (exact) mass is 426 g/mol. The molecular weight excluding hydrogens is 404 g/mol. The maximum atomic E-state index is 12.9. The lowest BCUT2D eigenvalue weighted by Gasteiger charge is -2.18. The number of rotatable bonds is 8. The van der Waals surface area contributed by atoms with Gasteiger partial charge in [-0.3, -0.25) is 9.10 Å². The lowest BCUT2D eigenvalue weighted by atomic mass is 10.1. The highest BCUT2D eigenvalue weighted by Gasteiger charge is 2.36. The van der Waals surface area contributed by atoms with Crippen LogP contribution in [-0.2, 0) is 14.8 Å². The van der Waals surface area contributed by atoms with E-state index in [1.807, 2.05) is 31.2 Å². The highest BCUT2D eigenvalue weighted by molar-refractivity contribution is 7.93. The summed E-state index contributed by atoms with van der Waals surface area (Å²) in [4.78, 5) is 12.6. The normalized spacial score (nSPS) is 14.0. The van der Waals surface area contributed by atoms with Crippen molar-refractivity contribution in [1.82, 2.24) is 5.32 Å². The number of nitrogens with one attached hydrogen (secondary N) is 1. The zero-order valence-corrected chi connectivity index (χ0v) is 17.3. The third kappa shape index (κ3) is 3.78. The summed E-state index contributed by atoms with van der Waals surface area (Å²) in [5, 5.41) is 4.21. The Hall–Kier alpha value is -3.26. The Morgan fingerprint density at radius 2 is 1.63 bits per heavy atom. The van der Waals surface area contributed by atoms with E-state index in [2.05, 4.69) is 5.32 Å². The molecule has 3 aromatic rings. The number of nitrogens with zero attached hydrogens (tertiary/aromatic N) is 1. The Labute approximate surface area is 175 Å². The van der Waals surface area contributed by atoms with Gasteiger partial charge in [-0.25, -0.2) is 8.42 Å². The molecule has 156 valence electrons. The first-order valence-electron chi connectivity index (χ1n) is 9.67. The van der Waals surface area contributed by atoms with Crippen LogP contribution in [0.3, 0.4) is 0 Å². The Kier molecular flexibility index (Phi) is 5.50. The maximum Gasteiger partial charge on any atom is 0.265 e. The molecule has 3 aromatic carbocycles. The van der Waals surface area contributed by atoms with E-state index in [0.29, 0.717) is 23.4 Å². The summed E-state index contributed by atoms with van der Waals surface area (Å²) in [6, 6.07) is 17.7. The molecule has 0 radical (unpaired) electrons. The van der Waals surface area contributed by atoms with Gasteiger partial charge in [0.25, 0.3) is 10.0 Å². The molecule has 0 bridgehead atoms. The van der Waals surface area contributed by atoms with Crippen LogP contribution in [0.1, 0.15) is 6.92 Å². The van der Waals surface area contributed by atoms with Gasteiger partial charge in [-0.15, -0.1) is 0 Å². The number of hydrogen-bond donors (Lipinski definition) is 1. The molecule has 7 nitrogen and oxygen atoms in total. The minimum Gasteiger partial charge on any atom is -0.494 e. The molecule has 0 aromatic heterocycles. The predicted molar refractivity (Wildman–Crippen MR) is 115 cm³/mol. The molecule has 1 N–H and O–H groups in total. The lowest BCUT2D eigenvalue weighted by molar-refractivity contribution is -0.119. The first-order chi connectivity index (χ1) is 14.5. The fourth-order valence-electron chi connectivity index (χ4n) is 3.47. The molecule has 0 fully saturated rings. The van der Waals surface area contributed by atoms with Crippen LogP contribution in [-0.4, -0.2) is 40.6 Å². The molecule has 0 saturated heterocycles. The first-order valence-corrected chi connectivity index (χ1v) is 11.1. The van der Waals surface area contributed by atoms with Crippen molar-refractivity contribution in [2.75, 3.05) is 30.6 Å². The first kappa shape index (κ1) is 20.0. The van der Waals surface area contributed by atoms with Crippen molar-refractivity contribution in [3.63, 3.8) is 0 Å². The number of hydrogen-bond acceptors (Lipinski definition) is 5. The molecule has 1 aliphatic heterocycles. The molecule has 0 spiro atoms. The van der Waals surface area contributed by atoms with Crippen LogP contribution in [0.4, 0.5) is 5.69 Å². The summed E-state index contributed by atoms with van der Waals surface area (Å²) in [7, 11) is -3.75. The van der Waals surface area contributed by atoms with Gasteiger partial charge in [0.05, 0.1) is 23.7 Å². The van der Waals surface area contributed by atoms with Crippen LogP contribution >= 0.6 is 0 Å². The topological polar surface area (TPSA) is 84.9 Å². The van der Waals surface area contributed by atoms with E-state index in [9.17, 15) is 13.2 Å². The third-order valence-corrected chi connectivity index (χ3v) is 6.60. The second kappa shape index (κ2) is 8.23. The molecule has 0 unspecified atom stereocenters. The van der Waals surface area contributed by atoms with Crippen LogP contribution in [0.15, 0.2) is 65.6 Å². The molecule has 8 heteroatoms. The second-order valence-electron chi connectivity index (χ2n) is 6.75. The predicted octanol–water partition coefficient (Wildman–Crippen LogP) is 2.94. The van der Waals surface area contributed by atoms with Crippen molar-refractivity contribution in [3.05, 3.63) is 60.7 Å². The van der Waals surface area contributed by atoms with Gasteiger partial charge in [0.1, 0.15) is 24.7 Å². The van der Waals surface area contributed by atoms with E-state index in [1.165, 1.54) is 0 Å². The van der Waals surface area contributed by atoms with Crippen LogP contribution in [0.2, 0.25) is 0 Å². The van der Waals surface area contributed by atoms with Gasteiger partial charge in [0, 0.05) is 5.39 Å². The van der Waals surface area contributed by atoms with E-state index >= 15 is 0 Å². The number of ether oxygens (including phenoxy) is 2. The zero-order valence-electron chi connectivity index (χ0n) is 16.5. The molecule has 1 amide bonds. The van der Waals surface area contributed by atoms with Gasteiger partial charge in [0.2, 0.25) is 5.91 Å². The molecule has 30 heavy (non-hydrogen) atoms. The number of carbonyl (C=O) groups is 1. The van der Waals surface area contributed by atoms with Gasteiger partial charge < -0.3 is 14.8 Å². The highest BCUT2D eigenvalue weighted by atomic mass is 32.2. The van der Waals surface area contributed by atoms with Crippen LogP contribution < -0.4 is 19.1 Å². The summed E-state index contributed by atoms with van der Waals surface area (Å²) in [6.45, 7) is 2.76. The lowest BCUT2D eigenvalue weighted by Crippen LogP contribution is -2.40. The molecule has 1 heterocycles. The van der Waals surface area contributed by atoms with Gasteiger partial charge in [-0.2, -0.15) is 0 Å². The zero-order chi connectivity index (χ0) is 21.1. The number of amides is 1. The van der Waals surface area contributed by atoms with Crippen molar-refractivity contribution in [3.8, 4) is 11.5 Å². The SMILES string of the molecule is CCOc1ccc(OCCNC(=O)CN2c3cccc4cccc(c34)S2(=O)=O)cc1. The van der Waals surface area contributed by atoms with E-state index in [4.69, 9.17) is 9.47 Å². The number of benzene rings is 3. The summed E-state index contributed by atoms with van der Waals surface area (Å²) in [6.07, 6.45) is 0. The van der Waals surface area contributed by atoms with E-state index in [-0.39, 0.29) is 24.6 Å². The second-order valence-corrected chi connectivity index (χ2v) is 8.58. The van der Waals surface area contributed by atoms with E-state index in [0.717, 1.165) is 15.4 Å². The van der Waals surface area contributed by atoms with Gasteiger partial charge in [-0.1, -0.05) is 24.3 Å². The van der Waals surface area contributed by atoms with Crippen molar-refractivity contribution in [1.29, 1.82) is 0 Å². The standard InChI is InChI=1S/C22H22N2O5S/c1-2-28-17-9-11-18(12-10-17)29-14-13-23-21(25)15-24-19-7-3-5-16-6-4-8-20(22(16)19)30(24,26)27/h3-12H,2,13-15H2,1H3,(H,23,25). The van der Waals surface area contributed by atoms with Gasteiger partial charge in [-0.05, 0) is 48.7 Å². The van der Waals surface area contributed by atoms with Crippen molar-refractivity contribution >= 4 is 32.4 Å². The fraction of sp³-hybridized carbons (Fsp3) is 0.227. The molecule has 4 rings (SSSR count). The molecule has 1 aliphatic rings.